The van der Waals surface area contributed by atoms with Gasteiger partial charge in [0.1, 0.15) is 6.04 Å². The third kappa shape index (κ3) is 5.81. The number of anilines is 1. The molecule has 0 radical (unpaired) electrons. The van der Waals surface area contributed by atoms with E-state index in [9.17, 15) is 18.0 Å². The molecule has 1 heterocycles. The van der Waals surface area contributed by atoms with Crippen molar-refractivity contribution in [2.24, 2.45) is 0 Å². The maximum atomic E-state index is 13.5. The number of nitrogens with one attached hydrogen (secondary N) is 1. The summed E-state index contributed by atoms with van der Waals surface area (Å²) in [6, 6.07) is 20.4. The number of hydrogen-bond donors (Lipinski definition) is 1. The molecule has 7 nitrogen and oxygen atoms in total. The number of nitrogens with zero attached hydrogens (tertiary/aromatic N) is 2. The lowest BCUT2D eigenvalue weighted by molar-refractivity contribution is -0.140. The van der Waals surface area contributed by atoms with E-state index in [0.29, 0.717) is 30.0 Å². The minimum atomic E-state index is -3.66. The van der Waals surface area contributed by atoms with Gasteiger partial charge in [0, 0.05) is 30.9 Å². The zero-order valence-electron chi connectivity index (χ0n) is 22.5. The molecule has 2 amide bonds. The minimum Gasteiger partial charge on any atom is -0.352 e. The fourth-order valence-electron chi connectivity index (χ4n) is 5.86. The Labute approximate surface area is 231 Å². The maximum Gasteiger partial charge on any atom is 0.265 e. The van der Waals surface area contributed by atoms with Crippen molar-refractivity contribution in [3.05, 3.63) is 72.3 Å². The van der Waals surface area contributed by atoms with Gasteiger partial charge in [0.25, 0.3) is 10.0 Å². The van der Waals surface area contributed by atoms with E-state index in [4.69, 9.17) is 0 Å². The van der Waals surface area contributed by atoms with Crippen LogP contribution in [0.4, 0.5) is 5.69 Å². The molecule has 3 aromatic carbocycles. The van der Waals surface area contributed by atoms with E-state index in [1.807, 2.05) is 54.6 Å². The first kappa shape index (κ1) is 27.2. The molecule has 39 heavy (non-hydrogen) atoms. The van der Waals surface area contributed by atoms with E-state index < -0.39 is 16.1 Å². The fourth-order valence-corrected chi connectivity index (χ4v) is 7.60. The van der Waals surface area contributed by atoms with Crippen LogP contribution in [-0.2, 0) is 26.0 Å². The van der Waals surface area contributed by atoms with Gasteiger partial charge < -0.3 is 10.2 Å². The van der Waals surface area contributed by atoms with Gasteiger partial charge in [0.15, 0.2) is 0 Å². The summed E-state index contributed by atoms with van der Waals surface area (Å²) >= 11 is 0. The Bertz CT molecular complexity index is 1430. The smallest absolute Gasteiger partial charge is 0.265 e. The summed E-state index contributed by atoms with van der Waals surface area (Å²) < 4.78 is 28.0. The Morgan fingerprint density at radius 3 is 2.44 bits per heavy atom. The number of carbonyl (C=O) groups excluding carboxylic acids is 2. The Hall–Kier alpha value is -3.39. The van der Waals surface area contributed by atoms with E-state index in [-0.39, 0.29) is 30.8 Å². The molecule has 8 heteroatoms. The van der Waals surface area contributed by atoms with Crippen molar-refractivity contribution in [1.29, 1.82) is 0 Å². The van der Waals surface area contributed by atoms with Crippen molar-refractivity contribution in [2.75, 3.05) is 17.4 Å². The zero-order valence-corrected chi connectivity index (χ0v) is 23.3. The van der Waals surface area contributed by atoms with Crippen molar-refractivity contribution in [2.45, 2.75) is 75.3 Å². The summed E-state index contributed by atoms with van der Waals surface area (Å²) in [4.78, 5) is 28.7. The van der Waals surface area contributed by atoms with Crippen molar-refractivity contribution in [3.63, 3.8) is 0 Å². The number of carbonyl (C=O) groups is 2. The molecule has 206 valence electrons. The summed E-state index contributed by atoms with van der Waals surface area (Å²) in [6.45, 7) is 2.43. The summed E-state index contributed by atoms with van der Waals surface area (Å²) in [5, 5.41) is 4.79. The van der Waals surface area contributed by atoms with E-state index in [1.165, 1.54) is 10.7 Å². The summed E-state index contributed by atoms with van der Waals surface area (Å²) in [5.41, 5.74) is 1.76. The predicted molar refractivity (Wildman–Crippen MR) is 154 cm³/mol. The minimum absolute atomic E-state index is 0.118. The third-order valence-electron chi connectivity index (χ3n) is 8.04. The molecule has 1 aliphatic carbocycles. The molecule has 1 N–H and O–H groups in total. The summed E-state index contributed by atoms with van der Waals surface area (Å²) in [5.74, 6) is -0.253. The molecule has 0 aromatic heterocycles. The van der Waals surface area contributed by atoms with E-state index >= 15 is 0 Å². The molecule has 0 bridgehead atoms. The summed E-state index contributed by atoms with van der Waals surface area (Å²) in [6.07, 6.45) is 6.57. The van der Waals surface area contributed by atoms with Crippen LogP contribution in [0, 0.1) is 0 Å². The van der Waals surface area contributed by atoms with Gasteiger partial charge in [0.05, 0.1) is 10.6 Å². The number of amides is 2. The van der Waals surface area contributed by atoms with Crippen molar-refractivity contribution >= 4 is 38.3 Å². The second-order valence-corrected chi connectivity index (χ2v) is 12.5. The van der Waals surface area contributed by atoms with E-state index in [0.717, 1.165) is 42.0 Å². The molecule has 1 aliphatic heterocycles. The first-order chi connectivity index (χ1) is 18.9. The molecular formula is C31H37N3O4S. The van der Waals surface area contributed by atoms with Gasteiger partial charge in [-0.05, 0) is 55.7 Å². The molecular weight excluding hydrogens is 510 g/mol. The average molecular weight is 548 g/mol. The van der Waals surface area contributed by atoms with Gasteiger partial charge in [-0.2, -0.15) is 0 Å². The average Bonchev–Trinajstić information content (AvgIpc) is 3.17. The standard InChI is InChI=1S/C31H37N3O4S/c1-23(31(36)32-26-15-6-3-7-16-26)33(22-20-24-11-4-2-5-12-24)29(35)19-10-21-34-27-17-8-13-25-14-9-18-28(30(25)27)39(34,37)38/h2,4-5,8-9,11-14,17-18,23,26H,3,6-7,10,15-16,19-22H2,1H3,(H,32,36)/t23-/m1/s1. The van der Waals surface area contributed by atoms with Crippen LogP contribution < -0.4 is 9.62 Å². The van der Waals surface area contributed by atoms with Gasteiger partial charge in [-0.25, -0.2) is 8.42 Å². The van der Waals surface area contributed by atoms with Gasteiger partial charge in [-0.3, -0.25) is 13.9 Å². The van der Waals surface area contributed by atoms with Gasteiger partial charge in [-0.15, -0.1) is 0 Å². The number of rotatable bonds is 10. The molecule has 5 rings (SSSR count). The predicted octanol–water partition coefficient (Wildman–Crippen LogP) is 5.04. The number of hydrogen-bond acceptors (Lipinski definition) is 4. The van der Waals surface area contributed by atoms with E-state index in [2.05, 4.69) is 5.32 Å². The van der Waals surface area contributed by atoms with Crippen LogP contribution in [-0.4, -0.2) is 50.3 Å². The van der Waals surface area contributed by atoms with Crippen LogP contribution in [0.3, 0.4) is 0 Å². The molecule has 0 saturated heterocycles. The van der Waals surface area contributed by atoms with Crippen LogP contribution in [0.15, 0.2) is 71.6 Å². The highest BCUT2D eigenvalue weighted by atomic mass is 32.2. The van der Waals surface area contributed by atoms with Crippen molar-refractivity contribution < 1.29 is 18.0 Å². The Morgan fingerprint density at radius 1 is 0.974 bits per heavy atom. The van der Waals surface area contributed by atoms with Crippen LogP contribution >= 0.6 is 0 Å². The highest BCUT2D eigenvalue weighted by Gasteiger charge is 2.35. The highest BCUT2D eigenvalue weighted by molar-refractivity contribution is 7.93. The molecule has 1 saturated carbocycles. The number of benzene rings is 3. The first-order valence-electron chi connectivity index (χ1n) is 14.0. The largest absolute Gasteiger partial charge is 0.352 e. The SMILES string of the molecule is C[C@H](C(=O)NC1CCCCC1)N(CCc1ccccc1)C(=O)CCCN1c2cccc3cccc(c23)S1(=O)=O. The maximum absolute atomic E-state index is 13.5. The molecule has 0 spiro atoms. The molecule has 1 fully saturated rings. The number of sulfonamides is 1. The highest BCUT2D eigenvalue weighted by Crippen LogP contribution is 2.42. The lowest BCUT2D eigenvalue weighted by atomic mass is 9.95. The lowest BCUT2D eigenvalue weighted by Crippen LogP contribution is -2.51. The van der Waals surface area contributed by atoms with E-state index in [1.54, 1.807) is 24.0 Å². The molecule has 1 atom stereocenters. The summed E-state index contributed by atoms with van der Waals surface area (Å²) in [7, 11) is -3.66. The zero-order chi connectivity index (χ0) is 27.4. The van der Waals surface area contributed by atoms with Crippen LogP contribution in [0.1, 0.15) is 57.4 Å². The van der Waals surface area contributed by atoms with Gasteiger partial charge >= 0.3 is 0 Å². The Morgan fingerprint density at radius 2 is 1.69 bits per heavy atom. The first-order valence-corrected chi connectivity index (χ1v) is 15.5. The van der Waals surface area contributed by atoms with Gasteiger partial charge in [-0.1, -0.05) is 73.9 Å². The topological polar surface area (TPSA) is 86.8 Å². The molecule has 3 aromatic rings. The second kappa shape index (κ2) is 11.8. The third-order valence-corrected chi connectivity index (χ3v) is 9.89. The van der Waals surface area contributed by atoms with Crippen molar-refractivity contribution in [1.82, 2.24) is 10.2 Å². The second-order valence-electron chi connectivity index (χ2n) is 10.7. The lowest BCUT2D eigenvalue weighted by Gasteiger charge is -2.31. The monoisotopic (exact) mass is 547 g/mol. The van der Waals surface area contributed by atoms with Crippen LogP contribution in [0.25, 0.3) is 10.8 Å². The van der Waals surface area contributed by atoms with Gasteiger partial charge in [0.2, 0.25) is 11.8 Å². The van der Waals surface area contributed by atoms with Crippen LogP contribution in [0.2, 0.25) is 0 Å². The molecule has 0 unspecified atom stereocenters. The fraction of sp³-hybridized carbons (Fsp3) is 0.419. The van der Waals surface area contributed by atoms with Crippen molar-refractivity contribution in [3.8, 4) is 0 Å². The normalized spacial score (nSPS) is 17.2. The Balaban J connectivity index is 1.26. The quantitative estimate of drug-likeness (QED) is 0.385. The van der Waals surface area contributed by atoms with Crippen LogP contribution in [0.5, 0.6) is 0 Å². The molecule has 2 aliphatic rings. The Kier molecular flexibility index (Phi) is 8.21.